The van der Waals surface area contributed by atoms with Crippen LogP contribution < -0.4 is 15.2 Å². The van der Waals surface area contributed by atoms with Crippen LogP contribution in [0, 0.1) is 0 Å². The van der Waals surface area contributed by atoms with Gasteiger partial charge in [0.1, 0.15) is 0 Å². The van der Waals surface area contributed by atoms with Crippen molar-refractivity contribution in [3.63, 3.8) is 0 Å². The van der Waals surface area contributed by atoms with Crippen molar-refractivity contribution in [1.29, 1.82) is 0 Å². The van der Waals surface area contributed by atoms with E-state index in [0.717, 1.165) is 12.1 Å². The van der Waals surface area contributed by atoms with Crippen LogP contribution in [0.4, 0.5) is 5.95 Å². The molecule has 3 rings (SSSR count). The van der Waals surface area contributed by atoms with Crippen molar-refractivity contribution >= 4 is 11.9 Å². The summed E-state index contributed by atoms with van der Waals surface area (Å²) < 4.78 is 5.36. The lowest BCUT2D eigenvalue weighted by molar-refractivity contribution is 0.0790. The first-order valence-electron chi connectivity index (χ1n) is 8.64. The molecule has 0 radical (unpaired) electrons. The summed E-state index contributed by atoms with van der Waals surface area (Å²) in [7, 11) is 3.65. The minimum atomic E-state index is -0.182. The largest absolute Gasteiger partial charge is 0.478 e. The Balaban J connectivity index is 1.75. The minimum absolute atomic E-state index is 0.0492. The predicted molar refractivity (Wildman–Crippen MR) is 97.9 cm³/mol. The van der Waals surface area contributed by atoms with E-state index in [0.29, 0.717) is 37.1 Å². The van der Waals surface area contributed by atoms with E-state index in [4.69, 9.17) is 4.74 Å². The number of carbonyl (C=O) groups is 1. The minimum Gasteiger partial charge on any atom is -0.478 e. The molecule has 1 aliphatic heterocycles. The smallest absolute Gasteiger partial charge is 0.254 e. The highest BCUT2D eigenvalue weighted by Crippen LogP contribution is 2.27. The maximum absolute atomic E-state index is 12.8. The van der Waals surface area contributed by atoms with E-state index < -0.39 is 0 Å². The SMILES string of the molecule is CCOc1cc(C(=O)N2CCC(c3cc(=O)[nH]c(N(C)C)n3)C2)ccn1. The number of nitrogens with one attached hydrogen (secondary N) is 1. The number of H-pyrrole nitrogens is 1. The van der Waals surface area contributed by atoms with Gasteiger partial charge in [-0.3, -0.25) is 14.6 Å². The van der Waals surface area contributed by atoms with E-state index in [9.17, 15) is 9.59 Å². The number of aromatic amines is 1. The zero-order valence-electron chi connectivity index (χ0n) is 15.2. The molecular weight excluding hydrogens is 334 g/mol. The molecule has 1 atom stereocenters. The van der Waals surface area contributed by atoms with Gasteiger partial charge in [0.2, 0.25) is 11.8 Å². The molecule has 0 aliphatic carbocycles. The van der Waals surface area contributed by atoms with Gasteiger partial charge in [-0.15, -0.1) is 0 Å². The Morgan fingerprint density at radius 1 is 1.42 bits per heavy atom. The lowest BCUT2D eigenvalue weighted by Gasteiger charge is -2.17. The van der Waals surface area contributed by atoms with E-state index in [1.165, 1.54) is 6.07 Å². The number of ether oxygens (including phenoxy) is 1. The average Bonchev–Trinajstić information content (AvgIpc) is 3.11. The Hall–Kier alpha value is -2.90. The van der Waals surface area contributed by atoms with Gasteiger partial charge in [0, 0.05) is 57.0 Å². The molecule has 2 aromatic heterocycles. The number of pyridine rings is 1. The number of carbonyl (C=O) groups excluding carboxylic acids is 1. The fourth-order valence-corrected chi connectivity index (χ4v) is 3.02. The van der Waals surface area contributed by atoms with Gasteiger partial charge in [0.15, 0.2) is 0 Å². The van der Waals surface area contributed by atoms with Crippen LogP contribution in [0.5, 0.6) is 5.88 Å². The molecule has 0 spiro atoms. The summed E-state index contributed by atoms with van der Waals surface area (Å²) in [6, 6.07) is 4.87. The molecule has 1 aliphatic rings. The second-order valence-corrected chi connectivity index (χ2v) is 6.44. The highest BCUT2D eigenvalue weighted by molar-refractivity contribution is 5.94. The molecule has 1 unspecified atom stereocenters. The first kappa shape index (κ1) is 17.9. The fraction of sp³-hybridized carbons (Fsp3) is 0.444. The number of nitrogens with zero attached hydrogens (tertiary/aromatic N) is 4. The summed E-state index contributed by atoms with van der Waals surface area (Å²) in [5, 5.41) is 0. The lowest BCUT2D eigenvalue weighted by Crippen LogP contribution is -2.29. The number of likely N-dealkylation sites (tertiary alicyclic amines) is 1. The summed E-state index contributed by atoms with van der Waals surface area (Å²) in [5.41, 5.74) is 1.09. The normalized spacial score (nSPS) is 16.6. The topological polar surface area (TPSA) is 91.4 Å². The van der Waals surface area contributed by atoms with Crippen LogP contribution in [0.15, 0.2) is 29.2 Å². The number of amides is 1. The molecule has 0 bridgehead atoms. The van der Waals surface area contributed by atoms with E-state index in [2.05, 4.69) is 15.0 Å². The standard InChI is InChI=1S/C18H23N5O3/c1-4-26-16-9-12(5-7-19-16)17(25)23-8-6-13(11-23)14-10-15(24)21-18(20-14)22(2)3/h5,7,9-10,13H,4,6,8,11H2,1-3H3,(H,20,21,24). The van der Waals surface area contributed by atoms with Crippen molar-refractivity contribution in [3.8, 4) is 5.88 Å². The van der Waals surface area contributed by atoms with Crippen LogP contribution in [0.2, 0.25) is 0 Å². The molecule has 0 saturated carbocycles. The molecular formula is C18H23N5O3. The maximum Gasteiger partial charge on any atom is 0.254 e. The van der Waals surface area contributed by atoms with Crippen molar-refractivity contribution in [2.24, 2.45) is 0 Å². The molecule has 0 aromatic carbocycles. The number of anilines is 1. The Labute approximate surface area is 151 Å². The quantitative estimate of drug-likeness (QED) is 0.866. The number of rotatable bonds is 5. The van der Waals surface area contributed by atoms with E-state index in [-0.39, 0.29) is 17.4 Å². The number of hydrogen-bond acceptors (Lipinski definition) is 6. The molecule has 1 N–H and O–H groups in total. The maximum atomic E-state index is 12.8. The van der Waals surface area contributed by atoms with E-state index in [1.807, 2.05) is 21.0 Å². The van der Waals surface area contributed by atoms with Crippen LogP contribution >= 0.6 is 0 Å². The fourth-order valence-electron chi connectivity index (χ4n) is 3.02. The average molecular weight is 357 g/mol. The second kappa shape index (κ2) is 7.55. The van der Waals surface area contributed by atoms with Gasteiger partial charge in [-0.1, -0.05) is 0 Å². The predicted octanol–water partition coefficient (Wildman–Crippen LogP) is 1.26. The van der Waals surface area contributed by atoms with Gasteiger partial charge in [0.05, 0.1) is 12.3 Å². The van der Waals surface area contributed by atoms with Crippen LogP contribution in [-0.4, -0.2) is 59.6 Å². The molecule has 1 fully saturated rings. The molecule has 1 saturated heterocycles. The van der Waals surface area contributed by atoms with Crippen LogP contribution in [0.25, 0.3) is 0 Å². The molecule has 8 heteroatoms. The third-order valence-corrected chi connectivity index (χ3v) is 4.34. The van der Waals surface area contributed by atoms with E-state index >= 15 is 0 Å². The molecule has 2 aromatic rings. The molecule has 1 amide bonds. The first-order valence-corrected chi connectivity index (χ1v) is 8.64. The third-order valence-electron chi connectivity index (χ3n) is 4.34. The molecule has 8 nitrogen and oxygen atoms in total. The van der Waals surface area contributed by atoms with Crippen molar-refractivity contribution in [1.82, 2.24) is 19.9 Å². The van der Waals surface area contributed by atoms with Gasteiger partial charge in [-0.05, 0) is 19.4 Å². The third kappa shape index (κ3) is 3.84. The number of hydrogen-bond donors (Lipinski definition) is 1. The summed E-state index contributed by atoms with van der Waals surface area (Å²) in [5.74, 6) is 0.954. The summed E-state index contributed by atoms with van der Waals surface area (Å²) in [6.07, 6.45) is 2.35. The second-order valence-electron chi connectivity index (χ2n) is 6.44. The Bertz CT molecular complexity index is 849. The van der Waals surface area contributed by atoms with Gasteiger partial charge in [-0.2, -0.15) is 0 Å². The van der Waals surface area contributed by atoms with Crippen LogP contribution in [0.3, 0.4) is 0 Å². The van der Waals surface area contributed by atoms with Crippen molar-refractivity contribution in [2.75, 3.05) is 38.7 Å². The van der Waals surface area contributed by atoms with Crippen LogP contribution in [0.1, 0.15) is 35.3 Å². The first-order chi connectivity index (χ1) is 12.5. The van der Waals surface area contributed by atoms with Crippen LogP contribution in [-0.2, 0) is 0 Å². The Kier molecular flexibility index (Phi) is 5.20. The van der Waals surface area contributed by atoms with Crippen molar-refractivity contribution in [2.45, 2.75) is 19.3 Å². The zero-order chi connectivity index (χ0) is 18.7. The summed E-state index contributed by atoms with van der Waals surface area (Å²) in [4.78, 5) is 39.5. The van der Waals surface area contributed by atoms with Gasteiger partial charge >= 0.3 is 0 Å². The number of aromatic nitrogens is 3. The summed E-state index contributed by atoms with van der Waals surface area (Å²) >= 11 is 0. The highest BCUT2D eigenvalue weighted by Gasteiger charge is 2.29. The van der Waals surface area contributed by atoms with Gasteiger partial charge < -0.3 is 14.5 Å². The summed E-state index contributed by atoms with van der Waals surface area (Å²) in [6.45, 7) is 3.53. The zero-order valence-corrected chi connectivity index (χ0v) is 15.2. The Morgan fingerprint density at radius 2 is 2.23 bits per heavy atom. The van der Waals surface area contributed by atoms with Crippen molar-refractivity contribution < 1.29 is 9.53 Å². The van der Waals surface area contributed by atoms with Gasteiger partial charge in [-0.25, -0.2) is 9.97 Å². The monoisotopic (exact) mass is 357 g/mol. The van der Waals surface area contributed by atoms with E-state index in [1.54, 1.807) is 28.1 Å². The highest BCUT2D eigenvalue weighted by atomic mass is 16.5. The Morgan fingerprint density at radius 3 is 2.96 bits per heavy atom. The molecule has 3 heterocycles. The molecule has 26 heavy (non-hydrogen) atoms. The van der Waals surface area contributed by atoms with Crippen molar-refractivity contribution in [3.05, 3.63) is 46.0 Å². The molecule has 138 valence electrons. The van der Waals surface area contributed by atoms with Gasteiger partial charge in [0.25, 0.3) is 11.5 Å². The lowest BCUT2D eigenvalue weighted by atomic mass is 10.1.